The second-order valence-corrected chi connectivity index (χ2v) is 4.73. The summed E-state index contributed by atoms with van der Waals surface area (Å²) in [5.41, 5.74) is 2.03. The van der Waals surface area contributed by atoms with E-state index in [2.05, 4.69) is 5.16 Å². The predicted octanol–water partition coefficient (Wildman–Crippen LogP) is 2.01. The van der Waals surface area contributed by atoms with E-state index in [1.54, 1.807) is 27.2 Å². The molecule has 2 rings (SSSR count). The second-order valence-electron chi connectivity index (χ2n) is 4.73. The van der Waals surface area contributed by atoms with Gasteiger partial charge in [0.1, 0.15) is 0 Å². The van der Waals surface area contributed by atoms with Crippen LogP contribution in [0.2, 0.25) is 0 Å². The maximum Gasteiger partial charge on any atom is 0.309 e. The van der Waals surface area contributed by atoms with Crippen molar-refractivity contribution in [2.75, 3.05) is 20.8 Å². The van der Waals surface area contributed by atoms with Crippen LogP contribution >= 0.6 is 0 Å². The van der Waals surface area contributed by atoms with Gasteiger partial charge in [0.15, 0.2) is 11.5 Å². The van der Waals surface area contributed by atoms with E-state index in [1.165, 1.54) is 0 Å². The third kappa shape index (κ3) is 2.79. The molecule has 1 aromatic carbocycles. The van der Waals surface area contributed by atoms with Gasteiger partial charge in [0, 0.05) is 17.5 Å². The molecule has 0 spiro atoms. The summed E-state index contributed by atoms with van der Waals surface area (Å²) in [5, 5.41) is 12.5. The van der Waals surface area contributed by atoms with Gasteiger partial charge in [-0.25, -0.2) is 0 Å². The highest BCUT2D eigenvalue weighted by Gasteiger charge is 2.33. The topological polar surface area (TPSA) is 77.4 Å². The number of esters is 1. The lowest BCUT2D eigenvalue weighted by Gasteiger charge is -2.26. The van der Waals surface area contributed by atoms with Crippen LogP contribution in [0.4, 0.5) is 0 Å². The highest BCUT2D eigenvalue weighted by atomic mass is 16.5. The van der Waals surface area contributed by atoms with Crippen LogP contribution in [0.3, 0.4) is 0 Å². The number of fused-ring (bicyclic) bond motifs is 1. The van der Waals surface area contributed by atoms with Crippen LogP contribution in [0.15, 0.2) is 17.3 Å². The Morgan fingerprint density at radius 1 is 1.33 bits per heavy atom. The summed E-state index contributed by atoms with van der Waals surface area (Å²) in [7, 11) is 3.10. The molecular weight excluding hydrogens is 274 g/mol. The third-order valence-electron chi connectivity index (χ3n) is 3.59. The molecule has 0 radical (unpaired) electrons. The first kappa shape index (κ1) is 15.2. The quantitative estimate of drug-likeness (QED) is 0.522. The molecule has 1 aliphatic carbocycles. The molecule has 6 heteroatoms. The zero-order valence-electron chi connectivity index (χ0n) is 12.4. The number of ether oxygens (including phenoxy) is 3. The van der Waals surface area contributed by atoms with E-state index >= 15 is 0 Å². The van der Waals surface area contributed by atoms with E-state index in [1.807, 2.05) is 6.07 Å². The van der Waals surface area contributed by atoms with E-state index in [9.17, 15) is 10.0 Å². The first-order chi connectivity index (χ1) is 10.2. The predicted molar refractivity (Wildman–Crippen MR) is 76.3 cm³/mol. The highest BCUT2D eigenvalue weighted by Crippen LogP contribution is 2.39. The van der Waals surface area contributed by atoms with Crippen LogP contribution in [-0.2, 0) is 16.0 Å². The van der Waals surface area contributed by atoms with Gasteiger partial charge in [-0.05, 0) is 25.5 Å². The average molecular weight is 293 g/mol. The van der Waals surface area contributed by atoms with E-state index in [4.69, 9.17) is 14.2 Å². The summed E-state index contributed by atoms with van der Waals surface area (Å²) in [4.78, 5) is 12.0. The molecule has 1 N–H and O–H groups in total. The normalized spacial score (nSPS) is 19.0. The molecule has 1 atom stereocenters. The number of carbonyl (C=O) groups excluding carboxylic acids is 1. The number of oxime groups is 1. The highest BCUT2D eigenvalue weighted by molar-refractivity contribution is 6.05. The Bertz CT molecular complexity index is 567. The van der Waals surface area contributed by atoms with Gasteiger partial charge in [0.05, 0.1) is 32.5 Å². The molecule has 0 heterocycles. The minimum atomic E-state index is -0.385. The molecule has 0 fully saturated rings. The lowest BCUT2D eigenvalue weighted by molar-refractivity contribution is -0.147. The Labute approximate surface area is 123 Å². The second kappa shape index (κ2) is 6.47. The van der Waals surface area contributed by atoms with Crippen molar-refractivity contribution in [2.45, 2.75) is 19.8 Å². The van der Waals surface area contributed by atoms with E-state index in [0.29, 0.717) is 36.7 Å². The molecule has 1 aromatic rings. The number of hydrogen-bond donors (Lipinski definition) is 1. The summed E-state index contributed by atoms with van der Waals surface area (Å²) < 4.78 is 15.7. The van der Waals surface area contributed by atoms with Crippen molar-refractivity contribution in [1.29, 1.82) is 0 Å². The largest absolute Gasteiger partial charge is 0.493 e. The molecular formula is C15H19NO5. The fourth-order valence-corrected chi connectivity index (χ4v) is 2.65. The van der Waals surface area contributed by atoms with Gasteiger partial charge < -0.3 is 19.4 Å². The van der Waals surface area contributed by atoms with Gasteiger partial charge >= 0.3 is 5.97 Å². The van der Waals surface area contributed by atoms with Crippen LogP contribution in [-0.4, -0.2) is 37.7 Å². The lowest BCUT2D eigenvalue weighted by atomic mass is 9.82. The Kier molecular flexibility index (Phi) is 4.67. The molecule has 0 saturated heterocycles. The summed E-state index contributed by atoms with van der Waals surface area (Å²) in [5.74, 6) is 0.460. The maximum absolute atomic E-state index is 12.0. The van der Waals surface area contributed by atoms with Crippen molar-refractivity contribution in [2.24, 2.45) is 11.1 Å². The molecule has 6 nitrogen and oxygen atoms in total. The number of hydrogen-bond acceptors (Lipinski definition) is 6. The Morgan fingerprint density at radius 2 is 2.10 bits per heavy atom. The van der Waals surface area contributed by atoms with Gasteiger partial charge in [0.25, 0.3) is 0 Å². The van der Waals surface area contributed by atoms with E-state index in [0.717, 1.165) is 11.1 Å². The molecule has 0 aromatic heterocycles. The zero-order valence-corrected chi connectivity index (χ0v) is 12.4. The molecule has 0 aliphatic heterocycles. The summed E-state index contributed by atoms with van der Waals surface area (Å²) in [6, 6.07) is 3.57. The Balaban J connectivity index is 2.47. The van der Waals surface area contributed by atoms with Crippen LogP contribution < -0.4 is 9.47 Å². The lowest BCUT2D eigenvalue weighted by Crippen LogP contribution is -2.29. The Hall–Kier alpha value is -2.24. The van der Waals surface area contributed by atoms with Crippen molar-refractivity contribution in [3.05, 3.63) is 23.3 Å². The molecule has 0 saturated carbocycles. The van der Waals surface area contributed by atoms with E-state index in [-0.39, 0.29) is 11.9 Å². The number of methoxy groups -OCH3 is 2. The average Bonchev–Trinajstić information content (AvgIpc) is 2.52. The molecule has 1 unspecified atom stereocenters. The fraction of sp³-hybridized carbons (Fsp3) is 0.467. The molecule has 1 aliphatic rings. The van der Waals surface area contributed by atoms with Crippen LogP contribution in [0.25, 0.3) is 0 Å². The number of carbonyl (C=O) groups is 1. The monoisotopic (exact) mass is 293 g/mol. The van der Waals surface area contributed by atoms with Gasteiger partial charge in [-0.1, -0.05) is 5.16 Å². The number of nitrogens with zero attached hydrogens (tertiary/aromatic N) is 1. The van der Waals surface area contributed by atoms with Gasteiger partial charge in [-0.3, -0.25) is 4.79 Å². The van der Waals surface area contributed by atoms with E-state index < -0.39 is 0 Å². The number of benzene rings is 1. The van der Waals surface area contributed by atoms with Crippen molar-refractivity contribution >= 4 is 11.7 Å². The Morgan fingerprint density at radius 3 is 2.67 bits per heavy atom. The maximum atomic E-state index is 12.0. The number of rotatable bonds is 4. The van der Waals surface area contributed by atoms with Gasteiger partial charge in [-0.15, -0.1) is 0 Å². The first-order valence-electron chi connectivity index (χ1n) is 6.78. The minimum Gasteiger partial charge on any atom is -0.493 e. The summed E-state index contributed by atoms with van der Waals surface area (Å²) >= 11 is 0. The van der Waals surface area contributed by atoms with Crippen LogP contribution in [0.5, 0.6) is 11.5 Å². The fourth-order valence-electron chi connectivity index (χ4n) is 2.65. The summed E-state index contributed by atoms with van der Waals surface area (Å²) in [6.45, 7) is 2.09. The van der Waals surface area contributed by atoms with Crippen LogP contribution in [0.1, 0.15) is 24.5 Å². The van der Waals surface area contributed by atoms with Crippen LogP contribution in [0, 0.1) is 5.92 Å². The van der Waals surface area contributed by atoms with Crippen molar-refractivity contribution in [3.63, 3.8) is 0 Å². The SMILES string of the molecule is CCOC(=O)C1C/C(=N/O)c2ccc(OC)c(OC)c2C1. The molecule has 0 amide bonds. The first-order valence-corrected chi connectivity index (χ1v) is 6.78. The van der Waals surface area contributed by atoms with Crippen molar-refractivity contribution < 1.29 is 24.2 Å². The van der Waals surface area contributed by atoms with Crippen molar-refractivity contribution in [3.8, 4) is 11.5 Å². The minimum absolute atomic E-state index is 0.297. The van der Waals surface area contributed by atoms with Crippen molar-refractivity contribution in [1.82, 2.24) is 0 Å². The summed E-state index contributed by atoms with van der Waals surface area (Å²) in [6.07, 6.45) is 0.811. The standard InChI is InChI=1S/C15H19NO5/c1-4-21-15(17)9-7-11-10(12(8-9)16-18)5-6-13(19-2)14(11)20-3/h5-6,9,18H,4,7-8H2,1-3H3/b16-12-. The zero-order chi connectivity index (χ0) is 15.4. The van der Waals surface area contributed by atoms with Gasteiger partial charge in [-0.2, -0.15) is 0 Å². The smallest absolute Gasteiger partial charge is 0.309 e. The molecule has 114 valence electrons. The third-order valence-corrected chi connectivity index (χ3v) is 3.59. The van der Waals surface area contributed by atoms with Gasteiger partial charge in [0.2, 0.25) is 0 Å². The molecule has 0 bridgehead atoms. The molecule has 21 heavy (non-hydrogen) atoms.